The molecule has 0 atom stereocenters. The molecule has 3 heteroatoms. The summed E-state index contributed by atoms with van der Waals surface area (Å²) in [6, 6.07) is 3.86. The minimum absolute atomic E-state index is 0.608. The van der Waals surface area contributed by atoms with E-state index in [1.807, 2.05) is 0 Å². The van der Waals surface area contributed by atoms with E-state index in [2.05, 4.69) is 26.8 Å². The van der Waals surface area contributed by atoms with Gasteiger partial charge in [0.2, 0.25) is 0 Å². The van der Waals surface area contributed by atoms with E-state index < -0.39 is 8.07 Å². The summed E-state index contributed by atoms with van der Waals surface area (Å²) in [7, 11) is -1.22. The number of alkyl halides is 2. The average Bonchev–Trinajstić information content (AvgIpc) is 2.19. The fraction of sp³-hybridized carbons (Fsp3) is 0.800. The molecule has 0 heterocycles. The molecule has 0 aliphatic heterocycles. The van der Waals surface area contributed by atoms with Crippen molar-refractivity contribution in [2.45, 2.75) is 38.9 Å². The van der Waals surface area contributed by atoms with E-state index in [0.717, 1.165) is 0 Å². The third-order valence-electron chi connectivity index (χ3n) is 3.18. The van der Waals surface area contributed by atoms with Gasteiger partial charge >= 0.3 is 0 Å². The molecule has 0 aromatic rings. The van der Waals surface area contributed by atoms with Crippen molar-refractivity contribution in [2.24, 2.45) is 0 Å². The van der Waals surface area contributed by atoms with Crippen molar-refractivity contribution in [2.75, 3.05) is 11.8 Å². The van der Waals surface area contributed by atoms with Gasteiger partial charge in [-0.25, -0.2) is 0 Å². The van der Waals surface area contributed by atoms with Crippen LogP contribution in [0.2, 0.25) is 18.1 Å². The smallest absolute Gasteiger partial charge is 0.0819 e. The molecule has 0 aliphatic carbocycles. The zero-order valence-corrected chi connectivity index (χ0v) is 11.4. The average molecular weight is 239 g/mol. The first-order chi connectivity index (χ1) is 6.20. The minimum Gasteiger partial charge on any atom is -0.122 e. The molecular formula is C10H20Cl2Si. The van der Waals surface area contributed by atoms with E-state index in [-0.39, 0.29) is 0 Å². The predicted octanol–water partition coefficient (Wildman–Crippen LogP) is 4.44. The number of hydrogen-bond acceptors (Lipinski definition) is 0. The highest BCUT2D eigenvalue weighted by Crippen LogP contribution is 2.29. The Morgan fingerprint density at radius 3 is 1.77 bits per heavy atom. The summed E-state index contributed by atoms with van der Waals surface area (Å²) in [5, 5.41) is 1.46. The second-order valence-electron chi connectivity index (χ2n) is 3.36. The molecule has 0 saturated heterocycles. The summed E-state index contributed by atoms with van der Waals surface area (Å²) < 4.78 is 0. The monoisotopic (exact) mass is 238 g/mol. The number of rotatable bonds is 6. The lowest BCUT2D eigenvalue weighted by Gasteiger charge is -2.30. The van der Waals surface area contributed by atoms with Crippen molar-refractivity contribution < 1.29 is 0 Å². The summed E-state index contributed by atoms with van der Waals surface area (Å²) >= 11 is 11.7. The van der Waals surface area contributed by atoms with E-state index in [1.54, 1.807) is 0 Å². The fourth-order valence-electron chi connectivity index (χ4n) is 1.94. The molecule has 0 aromatic heterocycles. The lowest BCUT2D eigenvalue weighted by atomic mass is 10.6. The zero-order valence-electron chi connectivity index (χ0n) is 8.87. The summed E-state index contributed by atoms with van der Waals surface area (Å²) in [5.74, 6) is 1.28. The Hall–Kier alpha value is 0.537. The van der Waals surface area contributed by atoms with Gasteiger partial charge in [0.05, 0.1) is 8.07 Å². The van der Waals surface area contributed by atoms with Crippen LogP contribution in [-0.4, -0.2) is 19.8 Å². The van der Waals surface area contributed by atoms with Crippen LogP contribution in [0.4, 0.5) is 0 Å². The molecular weight excluding hydrogens is 219 g/mol. The van der Waals surface area contributed by atoms with Crippen LogP contribution >= 0.6 is 23.2 Å². The zero-order chi connectivity index (χ0) is 10.3. The van der Waals surface area contributed by atoms with Crippen molar-refractivity contribution in [1.29, 1.82) is 0 Å². The molecule has 0 aliphatic rings. The highest BCUT2D eigenvalue weighted by molar-refractivity contribution is 6.87. The van der Waals surface area contributed by atoms with E-state index in [0.29, 0.717) is 11.8 Å². The second-order valence-corrected chi connectivity index (χ2v) is 9.26. The van der Waals surface area contributed by atoms with Crippen molar-refractivity contribution in [3.63, 3.8) is 0 Å². The molecule has 78 valence electrons. The van der Waals surface area contributed by atoms with Crippen LogP contribution in [0.25, 0.3) is 0 Å². The second kappa shape index (κ2) is 6.91. The molecule has 0 N–H and O–H groups in total. The molecule has 0 nitrogen and oxygen atoms in total. The Bertz CT molecular complexity index is 154. The van der Waals surface area contributed by atoms with Gasteiger partial charge < -0.3 is 0 Å². The van der Waals surface area contributed by atoms with Crippen LogP contribution in [0.15, 0.2) is 11.3 Å². The van der Waals surface area contributed by atoms with Crippen molar-refractivity contribution in [1.82, 2.24) is 0 Å². The van der Waals surface area contributed by atoms with Gasteiger partial charge in [0.15, 0.2) is 0 Å². The number of hydrogen-bond donors (Lipinski definition) is 0. The van der Waals surface area contributed by atoms with Gasteiger partial charge in [0.25, 0.3) is 0 Å². The van der Waals surface area contributed by atoms with Gasteiger partial charge in [0.1, 0.15) is 0 Å². The fourth-order valence-corrected chi connectivity index (χ4v) is 6.89. The first-order valence-corrected chi connectivity index (χ1v) is 8.71. The molecule has 0 unspecified atom stereocenters. The molecule has 0 rings (SSSR count). The van der Waals surface area contributed by atoms with Crippen LogP contribution in [0.3, 0.4) is 0 Å². The Morgan fingerprint density at radius 1 is 1.08 bits per heavy atom. The number of halogens is 2. The SMILES string of the molecule is CC[Si](CC)(CC)C(=CCCl)CCl. The van der Waals surface area contributed by atoms with E-state index in [9.17, 15) is 0 Å². The summed E-state index contributed by atoms with van der Waals surface area (Å²) in [5.41, 5.74) is 0. The highest BCUT2D eigenvalue weighted by atomic mass is 35.5. The Labute approximate surface area is 93.3 Å². The number of allylic oxidation sites excluding steroid dienone is 2. The van der Waals surface area contributed by atoms with Crippen molar-refractivity contribution >= 4 is 31.3 Å². The lowest BCUT2D eigenvalue weighted by molar-refractivity contribution is 1.16. The molecule has 0 amide bonds. The molecule has 0 spiro atoms. The molecule has 0 radical (unpaired) electrons. The Balaban J connectivity index is 4.76. The van der Waals surface area contributed by atoms with Gasteiger partial charge in [-0.05, 0) is 0 Å². The van der Waals surface area contributed by atoms with Gasteiger partial charge in [-0.15, -0.1) is 23.2 Å². The Kier molecular flexibility index (Phi) is 7.20. The van der Waals surface area contributed by atoms with Gasteiger partial charge in [-0.3, -0.25) is 0 Å². The van der Waals surface area contributed by atoms with Crippen molar-refractivity contribution in [3.05, 3.63) is 11.3 Å². The van der Waals surface area contributed by atoms with E-state index >= 15 is 0 Å². The maximum Gasteiger partial charge on any atom is 0.0819 e. The highest BCUT2D eigenvalue weighted by Gasteiger charge is 2.30. The molecule has 0 bridgehead atoms. The third kappa shape index (κ3) is 3.30. The topological polar surface area (TPSA) is 0 Å². The summed E-state index contributed by atoms with van der Waals surface area (Å²) in [6.07, 6.45) is 2.14. The minimum atomic E-state index is -1.22. The van der Waals surface area contributed by atoms with Gasteiger partial charge in [0, 0.05) is 11.8 Å². The standard InChI is InChI=1S/C10H20Cl2Si/c1-4-13(5-2,6-3)10(9-12)7-8-11/h7H,4-6,8-9H2,1-3H3. The quantitative estimate of drug-likeness (QED) is 0.475. The van der Waals surface area contributed by atoms with E-state index in [1.165, 1.54) is 23.3 Å². The lowest BCUT2D eigenvalue weighted by Crippen LogP contribution is -2.35. The Morgan fingerprint density at radius 2 is 1.54 bits per heavy atom. The molecule has 13 heavy (non-hydrogen) atoms. The van der Waals surface area contributed by atoms with Gasteiger partial charge in [-0.2, -0.15) is 0 Å². The molecule has 0 fully saturated rings. The van der Waals surface area contributed by atoms with Crippen LogP contribution in [0.1, 0.15) is 20.8 Å². The molecule has 0 saturated carbocycles. The largest absolute Gasteiger partial charge is 0.122 e. The maximum absolute atomic E-state index is 5.97. The van der Waals surface area contributed by atoms with Crippen molar-refractivity contribution in [3.8, 4) is 0 Å². The molecule has 0 aromatic carbocycles. The summed E-state index contributed by atoms with van der Waals surface area (Å²) in [6.45, 7) is 6.86. The summed E-state index contributed by atoms with van der Waals surface area (Å²) in [4.78, 5) is 0. The maximum atomic E-state index is 5.97. The first kappa shape index (κ1) is 13.5. The van der Waals surface area contributed by atoms with Crippen LogP contribution < -0.4 is 0 Å². The van der Waals surface area contributed by atoms with E-state index in [4.69, 9.17) is 23.2 Å². The van der Waals surface area contributed by atoms with Gasteiger partial charge in [-0.1, -0.05) is 50.2 Å². The van der Waals surface area contributed by atoms with Crippen LogP contribution in [0, 0.1) is 0 Å². The third-order valence-corrected chi connectivity index (χ3v) is 9.65. The predicted molar refractivity (Wildman–Crippen MR) is 66.7 cm³/mol. The normalized spacial score (nSPS) is 13.5. The first-order valence-electron chi connectivity index (χ1n) is 5.02. The van der Waals surface area contributed by atoms with Crippen LogP contribution in [0.5, 0.6) is 0 Å². The van der Waals surface area contributed by atoms with Crippen LogP contribution in [-0.2, 0) is 0 Å².